The number of anilines is 5. The minimum atomic E-state index is 0.0317. The average molecular weight is 850 g/mol. The first kappa shape index (κ1) is 40.0. The fourth-order valence-corrected chi connectivity index (χ4v) is 10.7. The Morgan fingerprint density at radius 3 is 1.80 bits per heavy atom. The number of benzene rings is 9. The van der Waals surface area contributed by atoms with Gasteiger partial charge in [-0.3, -0.25) is 0 Å². The maximum atomic E-state index is 6.94. The molecule has 0 saturated heterocycles. The van der Waals surface area contributed by atoms with Gasteiger partial charge < -0.3 is 14.6 Å². The van der Waals surface area contributed by atoms with Gasteiger partial charge in [-0.2, -0.15) is 0 Å². The van der Waals surface area contributed by atoms with Crippen molar-refractivity contribution >= 4 is 68.6 Å². The Labute approximate surface area is 388 Å². The summed E-state index contributed by atoms with van der Waals surface area (Å²) in [7, 11) is 2.43. The van der Waals surface area contributed by atoms with Crippen LogP contribution in [0.25, 0.3) is 66.4 Å². The monoisotopic (exact) mass is 849 g/mol. The molecule has 0 saturated carbocycles. The van der Waals surface area contributed by atoms with Gasteiger partial charge in [0.2, 0.25) is 0 Å². The number of furan rings is 1. The molecule has 0 atom stereocenters. The lowest BCUT2D eigenvalue weighted by Crippen LogP contribution is -2.41. The molecule has 9 aromatic carbocycles. The standard InChI is InChI=1S/C62H50BN2O/c1-61(2)33-34-62(3,4)52-38-47(29-31-51(52)61)65-55-32-28-44(41-19-10-6-11-20-41)36-53(55)63-59-50(39-57-58(60(59)65)49-25-14-15-26-56(49)66-57)48-30-27-45(42-21-12-7-13-22-42)37-54(48)64-46-24-16-23-43(35-46)40-17-8-5-9-18-40/h5-32,35-39,64H,33-34H2,1-4H3. The Hall–Kier alpha value is -7.56. The van der Waals surface area contributed by atoms with Crippen molar-refractivity contribution in [2.45, 2.75) is 51.4 Å². The van der Waals surface area contributed by atoms with E-state index in [1.54, 1.807) is 0 Å². The number of rotatable bonds is 7. The Kier molecular flexibility index (Phi) is 9.43. The Balaban J connectivity index is 1.14. The molecule has 3 nitrogen and oxygen atoms in total. The summed E-state index contributed by atoms with van der Waals surface area (Å²) in [5.41, 5.74) is 21.7. The summed E-state index contributed by atoms with van der Waals surface area (Å²) in [6, 6.07) is 72.7. The van der Waals surface area contributed by atoms with Crippen LogP contribution in [0.3, 0.4) is 0 Å². The zero-order valence-corrected chi connectivity index (χ0v) is 37.9. The van der Waals surface area contributed by atoms with E-state index in [4.69, 9.17) is 4.42 Å². The normalized spacial score (nSPS) is 14.6. The van der Waals surface area contributed by atoms with Crippen LogP contribution in [0.4, 0.5) is 28.4 Å². The highest BCUT2D eigenvalue weighted by Gasteiger charge is 2.39. The summed E-state index contributed by atoms with van der Waals surface area (Å²) in [5.74, 6) is 0. The molecular weight excluding hydrogens is 800 g/mol. The second-order valence-electron chi connectivity index (χ2n) is 19.5. The van der Waals surface area contributed by atoms with Crippen molar-refractivity contribution in [1.29, 1.82) is 0 Å². The lowest BCUT2D eigenvalue weighted by molar-refractivity contribution is 0.332. The Morgan fingerprint density at radius 2 is 1.09 bits per heavy atom. The summed E-state index contributed by atoms with van der Waals surface area (Å²) in [6.45, 7) is 9.66. The van der Waals surface area contributed by atoms with Crippen LogP contribution in [0.2, 0.25) is 0 Å². The van der Waals surface area contributed by atoms with Gasteiger partial charge in [-0.25, -0.2) is 0 Å². The van der Waals surface area contributed by atoms with Gasteiger partial charge in [-0.1, -0.05) is 185 Å². The van der Waals surface area contributed by atoms with Crippen molar-refractivity contribution in [3.63, 3.8) is 0 Å². The van der Waals surface area contributed by atoms with E-state index < -0.39 is 0 Å². The Bertz CT molecular complexity index is 3480. The molecule has 2 heterocycles. The zero-order valence-electron chi connectivity index (χ0n) is 37.9. The number of hydrogen-bond donors (Lipinski definition) is 1. The van der Waals surface area contributed by atoms with E-state index in [-0.39, 0.29) is 10.8 Å². The number of nitrogens with one attached hydrogen (secondary N) is 1. The number of fused-ring (bicyclic) bond motifs is 7. The fourth-order valence-electron chi connectivity index (χ4n) is 10.7. The average Bonchev–Trinajstić information content (AvgIpc) is 3.74. The molecule has 2 aliphatic rings. The highest BCUT2D eigenvalue weighted by atomic mass is 16.3. The predicted molar refractivity (Wildman–Crippen MR) is 280 cm³/mol. The summed E-state index contributed by atoms with van der Waals surface area (Å²) in [6.07, 6.45) is 2.31. The third-order valence-electron chi connectivity index (χ3n) is 14.3. The maximum Gasteiger partial charge on any atom is 0.197 e. The smallest absolute Gasteiger partial charge is 0.197 e. The molecule has 1 aliphatic carbocycles. The van der Waals surface area contributed by atoms with Gasteiger partial charge in [0.1, 0.15) is 11.2 Å². The minimum absolute atomic E-state index is 0.0317. The highest BCUT2D eigenvalue weighted by molar-refractivity contribution is 6.74. The molecule has 1 aliphatic heterocycles. The molecule has 0 amide bonds. The largest absolute Gasteiger partial charge is 0.456 e. The van der Waals surface area contributed by atoms with E-state index in [0.29, 0.717) is 0 Å². The quantitative estimate of drug-likeness (QED) is 0.162. The molecule has 66 heavy (non-hydrogen) atoms. The molecule has 0 spiro atoms. The van der Waals surface area contributed by atoms with Crippen LogP contribution in [-0.2, 0) is 10.8 Å². The summed E-state index contributed by atoms with van der Waals surface area (Å²) >= 11 is 0. The third-order valence-corrected chi connectivity index (χ3v) is 14.3. The zero-order chi connectivity index (χ0) is 44.6. The molecule has 4 heteroatoms. The number of hydrogen-bond acceptors (Lipinski definition) is 3. The van der Waals surface area contributed by atoms with Crippen LogP contribution in [0.1, 0.15) is 51.7 Å². The second-order valence-corrected chi connectivity index (χ2v) is 19.5. The maximum absolute atomic E-state index is 6.94. The molecule has 10 aromatic rings. The van der Waals surface area contributed by atoms with Gasteiger partial charge in [-0.05, 0) is 128 Å². The summed E-state index contributed by atoms with van der Waals surface area (Å²) in [5, 5.41) is 6.18. The highest BCUT2D eigenvalue weighted by Crippen LogP contribution is 2.51. The van der Waals surface area contributed by atoms with Gasteiger partial charge in [0.25, 0.3) is 0 Å². The first-order valence-corrected chi connectivity index (χ1v) is 23.3. The van der Waals surface area contributed by atoms with Gasteiger partial charge >= 0.3 is 0 Å². The molecule has 1 radical (unpaired) electrons. The topological polar surface area (TPSA) is 28.4 Å². The summed E-state index contributed by atoms with van der Waals surface area (Å²) < 4.78 is 6.94. The molecule has 1 aromatic heterocycles. The minimum Gasteiger partial charge on any atom is -0.456 e. The van der Waals surface area contributed by atoms with E-state index in [1.165, 1.54) is 45.3 Å². The fraction of sp³-hybridized carbons (Fsp3) is 0.129. The van der Waals surface area contributed by atoms with Crippen LogP contribution in [0, 0.1) is 0 Å². The molecule has 1 N–H and O–H groups in total. The van der Waals surface area contributed by atoms with Gasteiger partial charge in [0.05, 0.1) is 11.1 Å². The first-order chi connectivity index (χ1) is 32.2. The second kappa shape index (κ2) is 15.6. The van der Waals surface area contributed by atoms with Crippen molar-refractivity contribution in [2.24, 2.45) is 0 Å². The summed E-state index contributed by atoms with van der Waals surface area (Å²) in [4.78, 5) is 2.54. The van der Waals surface area contributed by atoms with Crippen LogP contribution >= 0.6 is 0 Å². The molecule has 0 fully saturated rings. The molecule has 12 rings (SSSR count). The van der Waals surface area contributed by atoms with E-state index in [9.17, 15) is 0 Å². The van der Waals surface area contributed by atoms with Crippen LogP contribution < -0.4 is 21.1 Å². The molecule has 0 bridgehead atoms. The van der Waals surface area contributed by atoms with Gasteiger partial charge in [-0.15, -0.1) is 0 Å². The number of para-hydroxylation sites is 1. The van der Waals surface area contributed by atoms with E-state index >= 15 is 0 Å². The Morgan fingerprint density at radius 1 is 0.485 bits per heavy atom. The molecule has 317 valence electrons. The van der Waals surface area contributed by atoms with Gasteiger partial charge in [0.15, 0.2) is 7.28 Å². The van der Waals surface area contributed by atoms with Crippen LogP contribution in [-0.4, -0.2) is 7.28 Å². The predicted octanol–water partition coefficient (Wildman–Crippen LogP) is 15.8. The molecule has 0 unspecified atom stereocenters. The number of nitrogens with zero attached hydrogens (tertiary/aromatic N) is 1. The molecular formula is C62H50BN2O. The van der Waals surface area contributed by atoms with E-state index in [2.05, 4.69) is 245 Å². The lowest BCUT2D eigenvalue weighted by Gasteiger charge is -2.43. The van der Waals surface area contributed by atoms with Crippen molar-refractivity contribution in [2.75, 3.05) is 10.2 Å². The third kappa shape index (κ3) is 6.83. The van der Waals surface area contributed by atoms with Crippen LogP contribution in [0.15, 0.2) is 205 Å². The SMILES string of the molecule is CC1(C)CCC(C)(C)c2cc(N3c4ccc(-c5ccccc5)cc4[B]c4c(-c5ccc(-c6ccccc6)cc5Nc5cccc(-c6ccccc6)c5)cc5oc6ccccc6c5c43)ccc21. The first-order valence-electron chi connectivity index (χ1n) is 23.3. The van der Waals surface area contributed by atoms with Crippen molar-refractivity contribution in [3.05, 3.63) is 211 Å². The van der Waals surface area contributed by atoms with Crippen LogP contribution in [0.5, 0.6) is 0 Å². The van der Waals surface area contributed by atoms with E-state index in [1.807, 2.05) is 0 Å². The van der Waals surface area contributed by atoms with Gasteiger partial charge in [0, 0.05) is 33.7 Å². The lowest BCUT2D eigenvalue weighted by atomic mass is 9.57. The van der Waals surface area contributed by atoms with Crippen molar-refractivity contribution < 1.29 is 4.42 Å². The van der Waals surface area contributed by atoms with E-state index in [0.717, 1.165) is 84.5 Å². The van der Waals surface area contributed by atoms with Crippen molar-refractivity contribution in [1.82, 2.24) is 0 Å². The van der Waals surface area contributed by atoms with Crippen molar-refractivity contribution in [3.8, 4) is 44.5 Å².